The van der Waals surface area contributed by atoms with E-state index in [9.17, 15) is 9.59 Å². The molecule has 1 aliphatic heterocycles. The third-order valence-corrected chi connectivity index (χ3v) is 6.22. The Bertz CT molecular complexity index is 1220. The first-order chi connectivity index (χ1) is 13.6. The first kappa shape index (κ1) is 18.5. The van der Waals surface area contributed by atoms with Gasteiger partial charge in [-0.05, 0) is 43.0 Å². The molecule has 0 bridgehead atoms. The third-order valence-electron chi connectivity index (χ3n) is 4.31. The van der Waals surface area contributed by atoms with Crippen molar-refractivity contribution >= 4 is 34.7 Å². The third kappa shape index (κ3) is 3.25. The molecule has 8 heteroatoms. The molecule has 3 aromatic heterocycles. The lowest BCUT2D eigenvalue weighted by Crippen LogP contribution is -2.39. The molecule has 0 aliphatic carbocycles. The van der Waals surface area contributed by atoms with E-state index in [0.717, 1.165) is 10.4 Å². The van der Waals surface area contributed by atoms with Gasteiger partial charge in [0.15, 0.2) is 4.80 Å². The van der Waals surface area contributed by atoms with Crippen molar-refractivity contribution in [2.45, 2.75) is 19.9 Å². The number of rotatable bonds is 4. The lowest BCUT2D eigenvalue weighted by molar-refractivity contribution is -0.139. The van der Waals surface area contributed by atoms with Gasteiger partial charge in [0.2, 0.25) is 0 Å². The topological polar surface area (TPSA) is 73.6 Å². The number of allylic oxidation sites excluding steroid dienone is 1. The Kier molecular flexibility index (Phi) is 5.06. The van der Waals surface area contributed by atoms with E-state index in [0.29, 0.717) is 20.6 Å². The molecule has 0 spiro atoms. The van der Waals surface area contributed by atoms with Crippen molar-refractivity contribution in [3.05, 3.63) is 83.4 Å². The Hall–Kier alpha value is -2.84. The number of thiazole rings is 1. The highest BCUT2D eigenvalue weighted by atomic mass is 32.1. The van der Waals surface area contributed by atoms with Crippen LogP contribution in [0.25, 0.3) is 6.08 Å². The van der Waals surface area contributed by atoms with Crippen molar-refractivity contribution in [3.8, 4) is 0 Å². The number of nitrogens with zero attached hydrogens (tertiary/aromatic N) is 3. The average molecular weight is 412 g/mol. The zero-order valence-corrected chi connectivity index (χ0v) is 16.9. The average Bonchev–Trinajstić information content (AvgIpc) is 3.31. The lowest BCUT2D eigenvalue weighted by Gasteiger charge is -2.23. The normalized spacial score (nSPS) is 16.6. The summed E-state index contributed by atoms with van der Waals surface area (Å²) in [5.74, 6) is -0.441. The summed E-state index contributed by atoms with van der Waals surface area (Å²) in [5, 5.41) is 1.93. The van der Waals surface area contributed by atoms with Gasteiger partial charge in [0.25, 0.3) is 5.56 Å². The van der Waals surface area contributed by atoms with Crippen LogP contribution in [0.3, 0.4) is 0 Å². The molecule has 0 saturated carbocycles. The van der Waals surface area contributed by atoms with Crippen LogP contribution in [0.1, 0.15) is 30.3 Å². The number of ether oxygens (including phenoxy) is 1. The Balaban J connectivity index is 1.95. The zero-order chi connectivity index (χ0) is 19.7. The van der Waals surface area contributed by atoms with Crippen LogP contribution in [0.2, 0.25) is 0 Å². The van der Waals surface area contributed by atoms with Crippen LogP contribution >= 0.6 is 22.7 Å². The Labute approximate surface area is 168 Å². The van der Waals surface area contributed by atoms with Crippen molar-refractivity contribution in [2.75, 3.05) is 6.61 Å². The Morgan fingerprint density at radius 1 is 1.36 bits per heavy atom. The van der Waals surface area contributed by atoms with Gasteiger partial charge in [-0.3, -0.25) is 14.3 Å². The number of thiophene rings is 1. The highest BCUT2D eigenvalue weighted by molar-refractivity contribution is 7.10. The first-order valence-corrected chi connectivity index (χ1v) is 10.4. The van der Waals surface area contributed by atoms with E-state index in [4.69, 9.17) is 4.74 Å². The molecule has 4 rings (SSSR count). The Morgan fingerprint density at radius 2 is 2.21 bits per heavy atom. The minimum absolute atomic E-state index is 0.180. The van der Waals surface area contributed by atoms with Crippen LogP contribution in [0.4, 0.5) is 0 Å². The molecule has 4 heterocycles. The smallest absolute Gasteiger partial charge is 0.338 e. The second-order valence-electron chi connectivity index (χ2n) is 6.10. The van der Waals surface area contributed by atoms with Gasteiger partial charge in [0.05, 0.1) is 22.4 Å². The van der Waals surface area contributed by atoms with Crippen molar-refractivity contribution in [1.29, 1.82) is 0 Å². The summed E-state index contributed by atoms with van der Waals surface area (Å²) < 4.78 is 7.40. The number of hydrogen-bond acceptors (Lipinski definition) is 7. The number of fused-ring (bicyclic) bond motifs is 1. The van der Waals surface area contributed by atoms with Crippen molar-refractivity contribution in [1.82, 2.24) is 9.55 Å². The van der Waals surface area contributed by atoms with Crippen molar-refractivity contribution in [2.24, 2.45) is 4.99 Å². The van der Waals surface area contributed by atoms with E-state index in [1.807, 2.05) is 29.6 Å². The van der Waals surface area contributed by atoms with Crippen LogP contribution in [-0.4, -0.2) is 22.1 Å². The fourth-order valence-corrected chi connectivity index (χ4v) is 4.99. The second kappa shape index (κ2) is 7.65. The van der Waals surface area contributed by atoms with E-state index in [1.54, 1.807) is 36.9 Å². The molecule has 0 N–H and O–H groups in total. The summed E-state index contributed by atoms with van der Waals surface area (Å²) in [6.45, 7) is 3.81. The number of pyridine rings is 1. The standard InChI is InChI=1S/C20H17N3O3S2/c1-3-26-19(25)16-12(2)22-20-23(17(16)14-7-5-9-27-14)18(24)15(28-20)10-13-6-4-8-21-11-13/h4-11,17H,3H2,1-2H3/t17-/m1/s1. The molecule has 3 aromatic rings. The van der Waals surface area contributed by atoms with E-state index in [1.165, 1.54) is 22.7 Å². The number of hydrogen-bond donors (Lipinski definition) is 0. The van der Waals surface area contributed by atoms with Gasteiger partial charge < -0.3 is 4.74 Å². The molecular weight excluding hydrogens is 394 g/mol. The maximum absolute atomic E-state index is 13.2. The predicted octanol–water partition coefficient (Wildman–Crippen LogP) is 2.25. The number of carbonyl (C=O) groups excluding carboxylic acids is 1. The van der Waals surface area contributed by atoms with Crippen LogP contribution in [0.5, 0.6) is 0 Å². The SMILES string of the molecule is CCOC(=O)C1=C(C)N=c2sc(=Cc3cccnc3)c(=O)n2[C@@H]1c1cccs1. The summed E-state index contributed by atoms with van der Waals surface area (Å²) in [4.78, 5) is 36.0. The van der Waals surface area contributed by atoms with Gasteiger partial charge in [-0.15, -0.1) is 11.3 Å². The maximum Gasteiger partial charge on any atom is 0.338 e. The minimum Gasteiger partial charge on any atom is -0.463 e. The van der Waals surface area contributed by atoms with Gasteiger partial charge >= 0.3 is 5.97 Å². The second-order valence-corrected chi connectivity index (χ2v) is 8.09. The molecule has 1 atom stereocenters. The minimum atomic E-state index is -0.536. The highest BCUT2D eigenvalue weighted by Crippen LogP contribution is 2.33. The maximum atomic E-state index is 13.2. The quantitative estimate of drug-likeness (QED) is 0.618. The number of carbonyl (C=O) groups is 1. The number of aromatic nitrogens is 2. The van der Waals surface area contributed by atoms with E-state index in [-0.39, 0.29) is 12.2 Å². The fourth-order valence-electron chi connectivity index (χ4n) is 3.12. The fraction of sp³-hybridized carbons (Fsp3) is 0.200. The van der Waals surface area contributed by atoms with Gasteiger partial charge in [0, 0.05) is 17.3 Å². The van der Waals surface area contributed by atoms with Gasteiger partial charge in [-0.1, -0.05) is 23.5 Å². The summed E-state index contributed by atoms with van der Waals surface area (Å²) in [7, 11) is 0. The summed E-state index contributed by atoms with van der Waals surface area (Å²) in [6, 6.07) is 7.00. The van der Waals surface area contributed by atoms with Crippen molar-refractivity contribution in [3.63, 3.8) is 0 Å². The summed E-state index contributed by atoms with van der Waals surface area (Å²) in [6.07, 6.45) is 5.18. The molecule has 0 radical (unpaired) electrons. The van der Waals surface area contributed by atoms with E-state index < -0.39 is 12.0 Å². The summed E-state index contributed by atoms with van der Waals surface area (Å²) in [5.41, 5.74) is 1.64. The number of esters is 1. The zero-order valence-electron chi connectivity index (χ0n) is 15.3. The molecule has 0 aromatic carbocycles. The largest absolute Gasteiger partial charge is 0.463 e. The van der Waals surface area contributed by atoms with Crippen molar-refractivity contribution < 1.29 is 9.53 Å². The van der Waals surface area contributed by atoms with Crippen LogP contribution in [0, 0.1) is 0 Å². The lowest BCUT2D eigenvalue weighted by atomic mass is 10.0. The van der Waals surface area contributed by atoms with E-state index >= 15 is 0 Å². The molecule has 0 saturated heterocycles. The molecule has 0 amide bonds. The summed E-state index contributed by atoms with van der Waals surface area (Å²) >= 11 is 2.80. The Morgan fingerprint density at radius 3 is 2.89 bits per heavy atom. The first-order valence-electron chi connectivity index (χ1n) is 8.73. The van der Waals surface area contributed by atoms with Gasteiger partial charge in [0.1, 0.15) is 6.04 Å². The van der Waals surface area contributed by atoms with Crippen LogP contribution in [-0.2, 0) is 9.53 Å². The molecule has 0 fully saturated rings. The predicted molar refractivity (Wildman–Crippen MR) is 109 cm³/mol. The van der Waals surface area contributed by atoms with Crippen LogP contribution in [0.15, 0.2) is 63.1 Å². The van der Waals surface area contributed by atoms with E-state index in [2.05, 4.69) is 9.98 Å². The molecule has 28 heavy (non-hydrogen) atoms. The molecule has 0 unspecified atom stereocenters. The molecule has 1 aliphatic rings. The monoisotopic (exact) mass is 411 g/mol. The van der Waals surface area contributed by atoms with Gasteiger partial charge in [-0.2, -0.15) is 0 Å². The molecule has 142 valence electrons. The highest BCUT2D eigenvalue weighted by Gasteiger charge is 2.33. The van der Waals surface area contributed by atoms with Crippen LogP contribution < -0.4 is 14.9 Å². The van der Waals surface area contributed by atoms with Gasteiger partial charge in [-0.25, -0.2) is 9.79 Å². The molecular formula is C20H17N3O3S2. The molecule has 6 nitrogen and oxygen atoms in total.